The smallest absolute Gasteiger partial charge is 0.442 e. The average Bonchev–Trinajstić information content (AvgIpc) is 2.81. The maximum atomic E-state index is 12.4. The number of oxime groups is 1. The number of amides is 1. The second kappa shape index (κ2) is 7.72. The van der Waals surface area contributed by atoms with Crippen LogP contribution in [0.25, 0.3) is 0 Å². The Labute approximate surface area is 155 Å². The summed E-state index contributed by atoms with van der Waals surface area (Å²) in [4.78, 5) is 34.9. The van der Waals surface area contributed by atoms with E-state index in [1.807, 2.05) is 20.8 Å². The molecule has 0 aliphatic carbocycles. The molecule has 1 heterocycles. The minimum absolute atomic E-state index is 0.0166. The van der Waals surface area contributed by atoms with Crippen molar-refractivity contribution in [3.8, 4) is 0 Å². The Morgan fingerprint density at radius 3 is 2.00 bits per heavy atom. The van der Waals surface area contributed by atoms with E-state index < -0.39 is 29.6 Å². The lowest BCUT2D eigenvalue weighted by Crippen LogP contribution is -2.43. The van der Waals surface area contributed by atoms with Crippen LogP contribution >= 0.6 is 0 Å². The van der Waals surface area contributed by atoms with E-state index in [4.69, 9.17) is 19.1 Å². The van der Waals surface area contributed by atoms with Crippen molar-refractivity contribution in [3.63, 3.8) is 0 Å². The van der Waals surface area contributed by atoms with Crippen LogP contribution < -0.4 is 0 Å². The van der Waals surface area contributed by atoms with Crippen LogP contribution in [0.4, 0.5) is 9.59 Å². The Kier molecular flexibility index (Phi) is 6.54. The normalized spacial score (nSPS) is 17.9. The second-order valence-electron chi connectivity index (χ2n) is 9.32. The van der Waals surface area contributed by atoms with Crippen LogP contribution in [-0.4, -0.2) is 46.9 Å². The quantitative estimate of drug-likeness (QED) is 0.531. The molecule has 1 aliphatic heterocycles. The third-order valence-electron chi connectivity index (χ3n) is 3.14. The summed E-state index contributed by atoms with van der Waals surface area (Å²) < 4.78 is 10.4. The van der Waals surface area contributed by atoms with Crippen molar-refractivity contribution in [1.82, 2.24) is 5.06 Å². The van der Waals surface area contributed by atoms with E-state index >= 15 is 0 Å². The molecular formula is C18H32N2O6. The Hall–Kier alpha value is -1.99. The van der Waals surface area contributed by atoms with E-state index in [0.29, 0.717) is 6.42 Å². The third-order valence-corrected chi connectivity index (χ3v) is 3.14. The first-order valence-electron chi connectivity index (χ1n) is 8.71. The first-order chi connectivity index (χ1) is 11.6. The second-order valence-corrected chi connectivity index (χ2v) is 9.32. The summed E-state index contributed by atoms with van der Waals surface area (Å²) in [6.07, 6.45) is -1.69. The number of carbonyl (C=O) groups excluding carboxylic acids is 2. The van der Waals surface area contributed by atoms with Crippen LogP contribution in [0.5, 0.6) is 0 Å². The topological polar surface area (TPSA) is 86.7 Å². The fraction of sp³-hybridized carbons (Fsp3) is 0.833. The molecule has 0 radical (unpaired) electrons. The highest BCUT2D eigenvalue weighted by Gasteiger charge is 2.35. The molecule has 0 spiro atoms. The lowest BCUT2D eigenvalue weighted by atomic mass is 9.87. The fourth-order valence-electron chi connectivity index (χ4n) is 1.97. The summed E-state index contributed by atoms with van der Waals surface area (Å²) in [5.74, 6) is 0. The molecule has 150 valence electrons. The fourth-order valence-corrected chi connectivity index (χ4v) is 1.97. The van der Waals surface area contributed by atoms with Gasteiger partial charge in [0, 0.05) is 11.8 Å². The summed E-state index contributed by atoms with van der Waals surface area (Å²) >= 11 is 0. The van der Waals surface area contributed by atoms with Crippen molar-refractivity contribution in [2.45, 2.75) is 86.0 Å². The predicted molar refractivity (Wildman–Crippen MR) is 96.6 cm³/mol. The summed E-state index contributed by atoms with van der Waals surface area (Å²) in [5.41, 5.74) is -0.750. The van der Waals surface area contributed by atoms with Gasteiger partial charge in [0.05, 0.1) is 5.71 Å². The molecule has 0 N–H and O–H groups in total. The summed E-state index contributed by atoms with van der Waals surface area (Å²) in [6.45, 7) is 16.4. The minimum atomic E-state index is -0.988. The molecule has 0 saturated heterocycles. The van der Waals surface area contributed by atoms with Gasteiger partial charge in [0.15, 0.2) is 6.10 Å². The minimum Gasteiger partial charge on any atom is -0.442 e. The Morgan fingerprint density at radius 1 is 1.04 bits per heavy atom. The number of hydrogen-bond donors (Lipinski definition) is 0. The number of rotatable bonds is 2. The van der Waals surface area contributed by atoms with Gasteiger partial charge in [-0.1, -0.05) is 25.9 Å². The van der Waals surface area contributed by atoms with Crippen molar-refractivity contribution in [3.05, 3.63) is 0 Å². The lowest BCUT2D eigenvalue weighted by molar-refractivity contribution is -0.148. The number of nitrogens with zero attached hydrogens (tertiary/aromatic N) is 2. The summed E-state index contributed by atoms with van der Waals surface area (Å²) in [5, 5.41) is 4.90. The number of carbonyl (C=O) groups is 2. The van der Waals surface area contributed by atoms with Gasteiger partial charge in [0.1, 0.15) is 17.7 Å². The maximum Gasteiger partial charge on any atom is 0.534 e. The van der Waals surface area contributed by atoms with E-state index in [1.165, 1.54) is 0 Å². The highest BCUT2D eigenvalue weighted by molar-refractivity contribution is 5.90. The molecule has 0 fully saturated rings. The van der Waals surface area contributed by atoms with Gasteiger partial charge in [-0.15, -0.1) is 5.06 Å². The summed E-state index contributed by atoms with van der Waals surface area (Å²) in [7, 11) is 0. The molecule has 1 rings (SSSR count). The molecule has 8 nitrogen and oxygen atoms in total. The zero-order valence-corrected chi connectivity index (χ0v) is 17.3. The number of hydrogen-bond acceptors (Lipinski definition) is 7. The van der Waals surface area contributed by atoms with Gasteiger partial charge in [0.2, 0.25) is 0 Å². The molecule has 0 aromatic carbocycles. The SMILES string of the molecule is CC(C)(C)OC(=O)ON(CC1CC(C(C)(C)C)=NO1)C(=O)OC(C)(C)C. The molecular weight excluding hydrogens is 340 g/mol. The van der Waals surface area contributed by atoms with E-state index in [2.05, 4.69) is 5.16 Å². The molecule has 1 atom stereocenters. The zero-order valence-electron chi connectivity index (χ0n) is 17.3. The van der Waals surface area contributed by atoms with Crippen molar-refractivity contribution >= 4 is 18.0 Å². The van der Waals surface area contributed by atoms with Crippen LogP contribution in [0.2, 0.25) is 0 Å². The van der Waals surface area contributed by atoms with Gasteiger partial charge in [-0.05, 0) is 41.5 Å². The molecule has 1 aliphatic rings. The van der Waals surface area contributed by atoms with Gasteiger partial charge in [-0.2, -0.15) is 0 Å². The van der Waals surface area contributed by atoms with Gasteiger partial charge in [0.25, 0.3) is 0 Å². The monoisotopic (exact) mass is 372 g/mol. The van der Waals surface area contributed by atoms with Crippen LogP contribution in [-0.2, 0) is 19.1 Å². The molecule has 1 unspecified atom stereocenters. The van der Waals surface area contributed by atoms with E-state index in [9.17, 15) is 9.59 Å². The highest BCUT2D eigenvalue weighted by Crippen LogP contribution is 2.26. The van der Waals surface area contributed by atoms with Crippen LogP contribution in [0.3, 0.4) is 0 Å². The lowest BCUT2D eigenvalue weighted by Gasteiger charge is -2.28. The standard InChI is InChI=1S/C18H32N2O6/c1-16(2,3)13-10-12(25-19-13)11-20(14(21)23-17(4,5)6)26-15(22)24-18(7,8)9/h12H,10-11H2,1-9H3. The molecule has 26 heavy (non-hydrogen) atoms. The van der Waals surface area contributed by atoms with Crippen LogP contribution in [0.15, 0.2) is 5.16 Å². The van der Waals surface area contributed by atoms with E-state index in [1.54, 1.807) is 41.5 Å². The third kappa shape index (κ3) is 7.93. The number of ether oxygens (including phenoxy) is 2. The van der Waals surface area contributed by atoms with Crippen molar-refractivity contribution in [1.29, 1.82) is 0 Å². The van der Waals surface area contributed by atoms with Crippen molar-refractivity contribution < 1.29 is 28.7 Å². The van der Waals surface area contributed by atoms with Crippen LogP contribution in [0, 0.1) is 5.41 Å². The van der Waals surface area contributed by atoms with Gasteiger partial charge in [-0.3, -0.25) is 0 Å². The van der Waals surface area contributed by atoms with Crippen LogP contribution in [0.1, 0.15) is 68.7 Å². The Bertz CT molecular complexity index is 551. The van der Waals surface area contributed by atoms with Gasteiger partial charge >= 0.3 is 12.2 Å². The first kappa shape index (κ1) is 22.1. The van der Waals surface area contributed by atoms with Gasteiger partial charge < -0.3 is 19.1 Å². The molecule has 0 bridgehead atoms. The van der Waals surface area contributed by atoms with Crippen molar-refractivity contribution in [2.24, 2.45) is 10.6 Å². The van der Waals surface area contributed by atoms with Crippen molar-refractivity contribution in [2.75, 3.05) is 6.54 Å². The number of hydroxylamine groups is 2. The Balaban J connectivity index is 2.79. The predicted octanol–water partition coefficient (Wildman–Crippen LogP) is 4.28. The molecule has 0 aromatic rings. The molecule has 0 aromatic heterocycles. The highest BCUT2D eigenvalue weighted by atomic mass is 16.8. The van der Waals surface area contributed by atoms with E-state index in [0.717, 1.165) is 10.8 Å². The van der Waals surface area contributed by atoms with E-state index in [-0.39, 0.29) is 12.0 Å². The average molecular weight is 372 g/mol. The zero-order chi connectivity index (χ0) is 20.3. The summed E-state index contributed by atoms with van der Waals surface area (Å²) in [6, 6.07) is 0. The first-order valence-corrected chi connectivity index (χ1v) is 8.71. The largest absolute Gasteiger partial charge is 0.534 e. The van der Waals surface area contributed by atoms with Gasteiger partial charge in [-0.25, -0.2) is 9.59 Å². The molecule has 0 saturated carbocycles. The Morgan fingerprint density at radius 2 is 1.58 bits per heavy atom. The maximum absolute atomic E-state index is 12.4. The molecule has 8 heteroatoms. The molecule has 1 amide bonds.